The topological polar surface area (TPSA) is 124 Å². The number of hydrogen-bond acceptors (Lipinski definition) is 6. The average Bonchev–Trinajstić information content (AvgIpc) is 3.30. The van der Waals surface area contributed by atoms with E-state index in [-0.39, 0.29) is 40.1 Å². The Bertz CT molecular complexity index is 1530. The summed E-state index contributed by atoms with van der Waals surface area (Å²) in [6, 6.07) is 16.8. The normalized spacial score (nSPS) is 15.6. The van der Waals surface area contributed by atoms with Gasteiger partial charge in [0.1, 0.15) is 0 Å². The van der Waals surface area contributed by atoms with Gasteiger partial charge in [-0.05, 0) is 23.9 Å². The van der Waals surface area contributed by atoms with Crippen LogP contribution >= 0.6 is 20.1 Å². The van der Waals surface area contributed by atoms with Gasteiger partial charge in [-0.1, -0.05) is 20.4 Å². The van der Waals surface area contributed by atoms with Crippen molar-refractivity contribution in [1.82, 2.24) is 18.7 Å². The third-order valence-electron chi connectivity index (χ3n) is 7.27. The molecule has 1 aromatic heterocycles. The number of pyridine rings is 1. The zero-order valence-corrected chi connectivity index (χ0v) is 25.7. The van der Waals surface area contributed by atoms with Crippen molar-refractivity contribution >= 4 is 53.2 Å². The van der Waals surface area contributed by atoms with Gasteiger partial charge in [0.2, 0.25) is 0 Å². The third-order valence-corrected chi connectivity index (χ3v) is 12.4. The van der Waals surface area contributed by atoms with E-state index in [0.717, 1.165) is 22.4 Å². The summed E-state index contributed by atoms with van der Waals surface area (Å²) in [5, 5.41) is 8.12. The van der Waals surface area contributed by atoms with Gasteiger partial charge in [-0.3, -0.25) is 4.98 Å². The fourth-order valence-electron chi connectivity index (χ4n) is 4.97. The molecule has 0 saturated carbocycles. The van der Waals surface area contributed by atoms with E-state index in [1.54, 1.807) is 21.6 Å². The quantitative estimate of drug-likeness (QED) is 0.0922. The number of alkyl halides is 1. The molecule has 1 fully saturated rings. The first kappa shape index (κ1) is 29.2. The number of rotatable bonds is 9. The molecule has 3 heterocycles. The van der Waals surface area contributed by atoms with Crippen molar-refractivity contribution in [3.63, 3.8) is 0 Å². The first-order chi connectivity index (χ1) is 20.1. The van der Waals surface area contributed by atoms with E-state index in [1.807, 2.05) is 54.7 Å². The second-order valence-corrected chi connectivity index (χ2v) is 15.9. The minimum absolute atomic E-state index is 0.154. The van der Waals surface area contributed by atoms with Gasteiger partial charge in [0, 0.05) is 30.0 Å². The van der Waals surface area contributed by atoms with Gasteiger partial charge in [0.15, 0.2) is 0 Å². The van der Waals surface area contributed by atoms with Crippen LogP contribution in [0.4, 0.5) is 21.0 Å². The molecule has 2 aliphatic heterocycles. The van der Waals surface area contributed by atoms with Crippen LogP contribution in [0.1, 0.15) is 47.3 Å². The summed E-state index contributed by atoms with van der Waals surface area (Å²) in [6.45, 7) is 9.64. The van der Waals surface area contributed by atoms with Gasteiger partial charge >= 0.3 is 169 Å². The summed E-state index contributed by atoms with van der Waals surface area (Å²) < 4.78 is 1.86. The Kier molecular flexibility index (Phi) is 8.57. The summed E-state index contributed by atoms with van der Waals surface area (Å²) in [4.78, 5) is 55.6. The summed E-state index contributed by atoms with van der Waals surface area (Å²) in [5.41, 5.74) is 4.88. The number of nitrogens with one attached hydrogen (secondary N) is 3. The third kappa shape index (κ3) is 6.46. The SMILES string of the molecule is C=CN(CC(C)(C)c1ccc(NC(=O)NCc2ccc3c(c2)CN(I2CCC(=O)NC2=O)C3=O)cc1)c1ccncc1. The first-order valence-electron chi connectivity index (χ1n) is 13.5. The monoisotopic (exact) mass is 680 g/mol. The Morgan fingerprint density at radius 2 is 1.86 bits per heavy atom. The Hall–Kier alpha value is -4.26. The molecule has 0 atom stereocenters. The molecular weight excluding hydrogens is 647 g/mol. The molecular formula is C31H33IN6O4. The van der Waals surface area contributed by atoms with Crippen molar-refractivity contribution in [2.45, 2.75) is 38.8 Å². The van der Waals surface area contributed by atoms with Gasteiger partial charge in [0.05, 0.1) is 0 Å². The van der Waals surface area contributed by atoms with Crippen molar-refractivity contribution in [2.24, 2.45) is 0 Å². The molecule has 5 amide bonds. The number of anilines is 2. The van der Waals surface area contributed by atoms with Crippen molar-refractivity contribution in [2.75, 3.05) is 21.2 Å². The van der Waals surface area contributed by atoms with Gasteiger partial charge in [-0.15, -0.1) is 0 Å². The number of urea groups is 1. The summed E-state index contributed by atoms with van der Waals surface area (Å²) >= 11 is -2.46. The maximum atomic E-state index is 12.9. The molecule has 2 aromatic carbocycles. The van der Waals surface area contributed by atoms with E-state index in [2.05, 4.69) is 46.3 Å². The van der Waals surface area contributed by atoms with Crippen molar-refractivity contribution in [3.8, 4) is 0 Å². The molecule has 1 saturated heterocycles. The minimum Gasteiger partial charge on any atom is -0.265 e. The summed E-state index contributed by atoms with van der Waals surface area (Å²) in [6.07, 6.45) is 5.61. The van der Waals surface area contributed by atoms with E-state index in [9.17, 15) is 19.2 Å². The van der Waals surface area contributed by atoms with Crippen LogP contribution in [0.25, 0.3) is 0 Å². The van der Waals surface area contributed by atoms with Crippen molar-refractivity contribution < 1.29 is 19.2 Å². The molecule has 2 aliphatic rings. The first-order valence-corrected chi connectivity index (χ1v) is 17.1. The number of amides is 5. The van der Waals surface area contributed by atoms with Crippen LogP contribution in [-0.2, 0) is 23.3 Å². The number of nitrogens with zero attached hydrogens (tertiary/aromatic N) is 3. The van der Waals surface area contributed by atoms with Gasteiger partial charge in [-0.2, -0.15) is 0 Å². The smallest absolute Gasteiger partial charge is 0.265 e. The van der Waals surface area contributed by atoms with E-state index in [0.29, 0.717) is 28.8 Å². The number of benzene rings is 2. The molecule has 10 nitrogen and oxygen atoms in total. The molecule has 3 N–H and O–H groups in total. The fourth-order valence-corrected chi connectivity index (χ4v) is 9.75. The number of carbonyl (C=O) groups is 4. The van der Waals surface area contributed by atoms with Gasteiger partial charge < -0.3 is 4.90 Å². The number of carbonyl (C=O) groups excluding carboxylic acids is 4. The van der Waals surface area contributed by atoms with Crippen LogP contribution in [0.5, 0.6) is 0 Å². The fraction of sp³-hybridized carbons (Fsp3) is 0.258. The molecule has 0 spiro atoms. The van der Waals surface area contributed by atoms with Crippen LogP contribution in [0, 0.1) is 0 Å². The predicted molar refractivity (Wildman–Crippen MR) is 170 cm³/mol. The van der Waals surface area contributed by atoms with E-state index in [1.165, 1.54) is 0 Å². The van der Waals surface area contributed by atoms with Gasteiger partial charge in [0.25, 0.3) is 0 Å². The minimum atomic E-state index is -2.46. The number of hydrogen-bond donors (Lipinski definition) is 3. The summed E-state index contributed by atoms with van der Waals surface area (Å²) in [7, 11) is 0. The molecule has 0 bridgehead atoms. The van der Waals surface area contributed by atoms with Crippen LogP contribution in [0.3, 0.4) is 0 Å². The molecule has 5 rings (SSSR count). The molecule has 3 aromatic rings. The number of imide groups is 1. The molecule has 218 valence electrons. The second kappa shape index (κ2) is 12.3. The van der Waals surface area contributed by atoms with Crippen molar-refractivity contribution in [3.05, 3.63) is 102 Å². The maximum absolute atomic E-state index is 12.9. The molecule has 11 heteroatoms. The van der Waals surface area contributed by atoms with E-state index < -0.39 is 20.1 Å². The predicted octanol–water partition coefficient (Wildman–Crippen LogP) is 5.35. The molecule has 42 heavy (non-hydrogen) atoms. The Morgan fingerprint density at radius 1 is 1.12 bits per heavy atom. The van der Waals surface area contributed by atoms with Crippen LogP contribution in [0.2, 0.25) is 0 Å². The van der Waals surface area contributed by atoms with Crippen LogP contribution in [-0.4, -0.2) is 40.8 Å². The second-order valence-electron chi connectivity index (χ2n) is 10.7. The Balaban J connectivity index is 1.15. The van der Waals surface area contributed by atoms with E-state index in [4.69, 9.17) is 0 Å². The van der Waals surface area contributed by atoms with E-state index >= 15 is 0 Å². The number of halogens is 1. The molecule has 0 aliphatic carbocycles. The summed E-state index contributed by atoms with van der Waals surface area (Å²) in [5.74, 6) is -0.431. The van der Waals surface area contributed by atoms with Gasteiger partial charge in [-0.25, -0.2) is 0 Å². The van der Waals surface area contributed by atoms with Crippen molar-refractivity contribution in [1.29, 1.82) is 0 Å². The number of aromatic nitrogens is 1. The standard InChI is InChI=1S/C31H33IN6O4/c1-4-37(25-12-15-33-16-13-25)20-31(2,3)23-6-8-24(9-7-23)35-30(42)34-18-21-5-10-26-22(17-21)19-38(28(26)40)32-14-11-27(39)36-29(32)41/h4-10,12-13,15-17H,1,11,14,18-20H2,2-3H3,(H2,34,35,42)(H,36,39,41). The Labute approximate surface area is 252 Å². The zero-order chi connectivity index (χ0) is 29.9. The Morgan fingerprint density at radius 3 is 2.55 bits per heavy atom. The zero-order valence-electron chi connectivity index (χ0n) is 23.5. The van der Waals surface area contributed by atoms with Crippen LogP contribution < -0.4 is 20.9 Å². The number of fused-ring (bicyclic) bond motifs is 1. The average molecular weight is 681 g/mol. The molecule has 0 radical (unpaired) electrons. The molecule has 0 unspecified atom stereocenters. The van der Waals surface area contributed by atoms with Crippen LogP contribution in [0.15, 0.2) is 79.8 Å².